The van der Waals surface area contributed by atoms with Crippen molar-refractivity contribution in [2.24, 2.45) is 0 Å². The Balaban J connectivity index is 2.16. The minimum Gasteiger partial charge on any atom is -0.324 e. The van der Waals surface area contributed by atoms with Gasteiger partial charge in [0, 0.05) is 15.6 Å². The molecule has 3 rings (SSSR count). The van der Waals surface area contributed by atoms with Gasteiger partial charge in [-0.2, -0.15) is 4.98 Å². The van der Waals surface area contributed by atoms with Crippen molar-refractivity contribution in [1.29, 1.82) is 5.41 Å². The van der Waals surface area contributed by atoms with Crippen molar-refractivity contribution >= 4 is 46.0 Å². The van der Waals surface area contributed by atoms with E-state index < -0.39 is 0 Å². The van der Waals surface area contributed by atoms with E-state index in [-0.39, 0.29) is 10.8 Å². The number of nitrogens with one attached hydrogen (secondary N) is 2. The molecular weight excluding hydrogens is 321 g/mol. The van der Waals surface area contributed by atoms with E-state index >= 15 is 0 Å². The third-order valence-electron chi connectivity index (χ3n) is 2.88. The second-order valence-corrected chi connectivity index (χ2v) is 5.32. The number of aromatic amines is 1. The lowest BCUT2D eigenvalue weighted by atomic mass is 10.2. The molecule has 3 aromatic rings. The van der Waals surface area contributed by atoms with E-state index in [1.54, 1.807) is 22.8 Å². The lowest BCUT2D eigenvalue weighted by Gasteiger charge is -2.10. The monoisotopic (exact) mass is 327 g/mol. The molecule has 0 saturated heterocycles. The molecule has 0 atom stereocenters. The van der Waals surface area contributed by atoms with Gasteiger partial charge in [0.25, 0.3) is 0 Å². The van der Waals surface area contributed by atoms with Crippen LogP contribution >= 0.6 is 34.8 Å². The Bertz CT molecular complexity index is 832. The normalized spacial score (nSPS) is 11.2. The van der Waals surface area contributed by atoms with Crippen LogP contribution in [0.1, 0.15) is 5.56 Å². The van der Waals surface area contributed by atoms with Gasteiger partial charge in [-0.15, -0.1) is 0 Å². The number of H-pyrrole nitrogens is 1. The van der Waals surface area contributed by atoms with Gasteiger partial charge in [0.05, 0.1) is 12.9 Å². The van der Waals surface area contributed by atoms with E-state index in [0.717, 1.165) is 5.56 Å². The summed E-state index contributed by atoms with van der Waals surface area (Å²) in [4.78, 5) is 10.9. The Morgan fingerprint density at radius 3 is 2.60 bits per heavy atom. The van der Waals surface area contributed by atoms with E-state index in [9.17, 15) is 0 Å². The summed E-state index contributed by atoms with van der Waals surface area (Å²) in [7, 11) is 0. The molecule has 0 spiro atoms. The summed E-state index contributed by atoms with van der Waals surface area (Å²) in [6.07, 6.45) is 1.52. The van der Waals surface area contributed by atoms with Crippen LogP contribution in [0.2, 0.25) is 15.3 Å². The molecule has 8 heteroatoms. The number of imidazole rings is 1. The number of benzene rings is 1. The van der Waals surface area contributed by atoms with Crippen molar-refractivity contribution in [2.75, 3.05) is 0 Å². The number of nitrogens with zero attached hydrogens (tertiary/aromatic N) is 3. The fourth-order valence-corrected chi connectivity index (χ4v) is 2.62. The third kappa shape index (κ3) is 2.28. The van der Waals surface area contributed by atoms with E-state index in [1.165, 1.54) is 6.33 Å². The molecule has 0 bridgehead atoms. The average Bonchev–Trinajstić information content (AvgIpc) is 2.79. The Hall–Kier alpha value is -1.56. The van der Waals surface area contributed by atoms with Gasteiger partial charge < -0.3 is 9.55 Å². The van der Waals surface area contributed by atoms with Crippen molar-refractivity contribution in [3.63, 3.8) is 0 Å². The van der Waals surface area contributed by atoms with Crippen LogP contribution < -0.4 is 5.49 Å². The van der Waals surface area contributed by atoms with Crippen LogP contribution in [-0.4, -0.2) is 19.5 Å². The molecule has 0 saturated carbocycles. The predicted octanol–water partition coefficient (Wildman–Crippen LogP) is 3.25. The maximum absolute atomic E-state index is 7.73. The highest BCUT2D eigenvalue weighted by atomic mass is 35.5. The molecule has 0 fully saturated rings. The summed E-state index contributed by atoms with van der Waals surface area (Å²) >= 11 is 18.2. The molecule has 0 aliphatic carbocycles. The van der Waals surface area contributed by atoms with Crippen molar-refractivity contribution < 1.29 is 0 Å². The smallest absolute Gasteiger partial charge is 0.202 e. The Morgan fingerprint density at radius 1 is 1.20 bits per heavy atom. The summed E-state index contributed by atoms with van der Waals surface area (Å²) in [5.74, 6) is 0. The van der Waals surface area contributed by atoms with Crippen LogP contribution in [0, 0.1) is 5.41 Å². The van der Waals surface area contributed by atoms with Crippen molar-refractivity contribution in [3.8, 4) is 0 Å². The molecule has 0 radical (unpaired) electrons. The van der Waals surface area contributed by atoms with Crippen molar-refractivity contribution in [3.05, 3.63) is 50.9 Å². The highest BCUT2D eigenvalue weighted by Gasteiger charge is 2.11. The van der Waals surface area contributed by atoms with E-state index in [4.69, 9.17) is 40.2 Å². The highest BCUT2D eigenvalue weighted by Crippen LogP contribution is 2.25. The zero-order valence-electron chi connectivity index (χ0n) is 9.99. The molecule has 2 N–H and O–H groups in total. The van der Waals surface area contributed by atoms with Gasteiger partial charge in [0.1, 0.15) is 5.52 Å². The maximum atomic E-state index is 7.73. The molecule has 2 heterocycles. The van der Waals surface area contributed by atoms with Crippen molar-refractivity contribution in [2.45, 2.75) is 6.54 Å². The Morgan fingerprint density at radius 2 is 1.90 bits per heavy atom. The van der Waals surface area contributed by atoms with Gasteiger partial charge in [0.2, 0.25) is 5.28 Å². The standard InChI is InChI=1S/C12H8Cl3N5/c13-7-2-1-3-8(14)6(7)4-20-5-17-10(16)9-11(20)19-12(15)18-9/h1-3,5,16H,4H2,(H,18,19). The fourth-order valence-electron chi connectivity index (χ4n) is 1.92. The summed E-state index contributed by atoms with van der Waals surface area (Å²) in [6.45, 7) is 0.392. The molecule has 0 aliphatic rings. The number of halogens is 3. The van der Waals surface area contributed by atoms with Gasteiger partial charge in [-0.05, 0) is 23.7 Å². The molecule has 0 amide bonds. The average molecular weight is 329 g/mol. The minimum absolute atomic E-state index is 0.0842. The highest BCUT2D eigenvalue weighted by molar-refractivity contribution is 6.36. The van der Waals surface area contributed by atoms with Crippen LogP contribution in [0.5, 0.6) is 0 Å². The second-order valence-electron chi connectivity index (χ2n) is 4.15. The molecule has 0 unspecified atom stereocenters. The zero-order chi connectivity index (χ0) is 14.3. The Labute approximate surface area is 128 Å². The van der Waals surface area contributed by atoms with Gasteiger partial charge in [0.15, 0.2) is 11.1 Å². The molecular formula is C12H8Cl3N5. The first-order valence-corrected chi connectivity index (χ1v) is 6.78. The third-order valence-corrected chi connectivity index (χ3v) is 3.77. The first-order valence-electron chi connectivity index (χ1n) is 5.64. The first-order chi connectivity index (χ1) is 9.56. The lowest BCUT2D eigenvalue weighted by Crippen LogP contribution is -2.13. The van der Waals surface area contributed by atoms with Crippen LogP contribution in [0.3, 0.4) is 0 Å². The summed E-state index contributed by atoms with van der Waals surface area (Å²) in [5.41, 5.74) is 1.85. The molecule has 5 nitrogen and oxygen atoms in total. The van der Waals surface area contributed by atoms with Gasteiger partial charge in [-0.1, -0.05) is 29.3 Å². The van der Waals surface area contributed by atoms with Gasteiger partial charge >= 0.3 is 0 Å². The SMILES string of the molecule is N=c1ncn(Cc2c(Cl)cccc2Cl)c2nc(Cl)[nH]c12. The van der Waals surface area contributed by atoms with Crippen molar-refractivity contribution in [1.82, 2.24) is 19.5 Å². The largest absolute Gasteiger partial charge is 0.324 e. The number of hydrogen-bond acceptors (Lipinski definition) is 3. The maximum Gasteiger partial charge on any atom is 0.202 e. The van der Waals surface area contributed by atoms with E-state index in [0.29, 0.717) is 27.8 Å². The van der Waals surface area contributed by atoms with Crippen LogP contribution in [0.25, 0.3) is 11.2 Å². The molecule has 102 valence electrons. The summed E-state index contributed by atoms with van der Waals surface area (Å²) < 4.78 is 1.74. The van der Waals surface area contributed by atoms with Gasteiger partial charge in [-0.3, -0.25) is 5.41 Å². The quantitative estimate of drug-likeness (QED) is 0.709. The van der Waals surface area contributed by atoms with Crippen LogP contribution in [0.4, 0.5) is 0 Å². The fraction of sp³-hybridized carbons (Fsp3) is 0.0833. The molecule has 20 heavy (non-hydrogen) atoms. The van der Waals surface area contributed by atoms with E-state index in [2.05, 4.69) is 15.0 Å². The topological polar surface area (TPSA) is 70.3 Å². The first kappa shape index (κ1) is 13.4. The Kier molecular flexibility index (Phi) is 3.41. The second kappa shape index (κ2) is 5.09. The number of fused-ring (bicyclic) bond motifs is 1. The number of rotatable bonds is 2. The van der Waals surface area contributed by atoms with E-state index in [1.807, 2.05) is 0 Å². The summed E-state index contributed by atoms with van der Waals surface area (Å²) in [5, 5.41) is 9.07. The summed E-state index contributed by atoms with van der Waals surface area (Å²) in [6, 6.07) is 5.32. The minimum atomic E-state index is 0.0842. The van der Waals surface area contributed by atoms with Crippen LogP contribution in [0.15, 0.2) is 24.5 Å². The zero-order valence-corrected chi connectivity index (χ0v) is 12.3. The molecule has 1 aromatic carbocycles. The number of aromatic nitrogens is 4. The predicted molar refractivity (Wildman–Crippen MR) is 78.3 cm³/mol. The molecule has 0 aliphatic heterocycles. The number of hydrogen-bond donors (Lipinski definition) is 2. The lowest BCUT2D eigenvalue weighted by molar-refractivity contribution is 0.784. The molecule has 2 aromatic heterocycles. The van der Waals surface area contributed by atoms with Gasteiger partial charge in [-0.25, -0.2) is 4.98 Å². The van der Waals surface area contributed by atoms with Crippen LogP contribution in [-0.2, 0) is 6.54 Å².